The molecule has 1 nitrogen and oxygen atoms in total. The van der Waals surface area contributed by atoms with Crippen LogP contribution < -0.4 is 0 Å². The predicted molar refractivity (Wildman–Crippen MR) is 66.0 cm³/mol. The second-order valence-corrected chi connectivity index (χ2v) is 3.69. The summed E-state index contributed by atoms with van der Waals surface area (Å²) in [7, 11) is 0. The summed E-state index contributed by atoms with van der Waals surface area (Å²) in [6.45, 7) is 0. The Kier molecular flexibility index (Phi) is 2.15. The van der Waals surface area contributed by atoms with Crippen LogP contribution in [0.3, 0.4) is 0 Å². The number of fused-ring (bicyclic) bond motifs is 1. The van der Waals surface area contributed by atoms with Gasteiger partial charge < -0.3 is 0 Å². The van der Waals surface area contributed by atoms with Crippen LogP contribution in [-0.4, -0.2) is 4.98 Å². The third-order valence-electron chi connectivity index (χ3n) is 2.61. The molecule has 0 atom stereocenters. The van der Waals surface area contributed by atoms with Crippen LogP contribution >= 0.6 is 0 Å². The first-order valence-electron chi connectivity index (χ1n) is 5.25. The van der Waals surface area contributed by atoms with E-state index in [0.29, 0.717) is 0 Å². The summed E-state index contributed by atoms with van der Waals surface area (Å²) >= 11 is 0. The van der Waals surface area contributed by atoms with Gasteiger partial charge in [-0.3, -0.25) is 4.98 Å². The highest BCUT2D eigenvalue weighted by molar-refractivity contribution is 5.83. The molecule has 0 saturated carbocycles. The molecule has 1 aromatic heterocycles. The Bertz CT molecular complexity index is 614. The molecule has 16 heavy (non-hydrogen) atoms. The fraction of sp³-hybridized carbons (Fsp3) is 0. The van der Waals surface area contributed by atoms with Crippen molar-refractivity contribution in [2.45, 2.75) is 0 Å². The highest BCUT2D eigenvalue weighted by Crippen LogP contribution is 2.21. The van der Waals surface area contributed by atoms with Crippen molar-refractivity contribution in [3.63, 3.8) is 0 Å². The first-order chi connectivity index (χ1) is 7.93. The van der Waals surface area contributed by atoms with Gasteiger partial charge in [0, 0.05) is 17.1 Å². The van der Waals surface area contributed by atoms with Gasteiger partial charge in [0.25, 0.3) is 0 Å². The van der Waals surface area contributed by atoms with E-state index in [-0.39, 0.29) is 0 Å². The second-order valence-electron chi connectivity index (χ2n) is 3.69. The molecule has 75 valence electrons. The maximum absolute atomic E-state index is 4.44. The van der Waals surface area contributed by atoms with Crippen molar-refractivity contribution in [3.05, 3.63) is 66.9 Å². The molecule has 0 bridgehead atoms. The van der Waals surface area contributed by atoms with E-state index >= 15 is 0 Å². The number of nitrogens with zero attached hydrogens (tertiary/aromatic N) is 1. The van der Waals surface area contributed by atoms with Crippen molar-refractivity contribution in [1.29, 1.82) is 0 Å². The molecule has 0 aliphatic carbocycles. The van der Waals surface area contributed by atoms with Crippen LogP contribution in [0.2, 0.25) is 0 Å². The molecule has 3 rings (SSSR count). The van der Waals surface area contributed by atoms with Crippen LogP contribution in [0.25, 0.3) is 22.0 Å². The molecule has 1 radical (unpaired) electrons. The first-order valence-corrected chi connectivity index (χ1v) is 5.25. The van der Waals surface area contributed by atoms with Gasteiger partial charge >= 0.3 is 0 Å². The van der Waals surface area contributed by atoms with Crippen molar-refractivity contribution in [1.82, 2.24) is 4.98 Å². The quantitative estimate of drug-likeness (QED) is 0.589. The zero-order valence-corrected chi connectivity index (χ0v) is 8.72. The molecule has 0 amide bonds. The van der Waals surface area contributed by atoms with E-state index in [2.05, 4.69) is 23.2 Å². The molecule has 1 heteroatoms. The molecule has 0 aliphatic heterocycles. The summed E-state index contributed by atoms with van der Waals surface area (Å²) < 4.78 is 0. The van der Waals surface area contributed by atoms with Gasteiger partial charge in [0.2, 0.25) is 0 Å². The van der Waals surface area contributed by atoms with E-state index in [4.69, 9.17) is 0 Å². The minimum absolute atomic E-state index is 1.03. The Morgan fingerprint density at radius 3 is 2.69 bits per heavy atom. The highest BCUT2D eigenvalue weighted by atomic mass is 14.6. The average Bonchev–Trinajstić information content (AvgIpc) is 2.39. The van der Waals surface area contributed by atoms with Gasteiger partial charge in [-0.05, 0) is 23.8 Å². The summed E-state index contributed by atoms with van der Waals surface area (Å²) in [5, 5.41) is 1.16. The van der Waals surface area contributed by atoms with Crippen molar-refractivity contribution < 1.29 is 0 Å². The summed E-state index contributed by atoms with van der Waals surface area (Å²) in [5.74, 6) is 0. The van der Waals surface area contributed by atoms with Crippen molar-refractivity contribution in [2.24, 2.45) is 0 Å². The fourth-order valence-electron chi connectivity index (χ4n) is 1.79. The molecule has 2 aromatic carbocycles. The number of aromatic nitrogens is 1. The fourth-order valence-corrected chi connectivity index (χ4v) is 1.79. The minimum atomic E-state index is 1.03. The van der Waals surface area contributed by atoms with Crippen molar-refractivity contribution in [3.8, 4) is 11.1 Å². The maximum atomic E-state index is 4.44. The average molecular weight is 204 g/mol. The Balaban J connectivity index is 2.19. The molecule has 0 saturated heterocycles. The van der Waals surface area contributed by atoms with E-state index in [9.17, 15) is 0 Å². The van der Waals surface area contributed by atoms with E-state index < -0.39 is 0 Å². The number of benzene rings is 2. The standard InChI is InChI=1S/C15H10N/c1-2-6-12(7-3-1)14-10-13-8-4-5-9-15(13)16-11-14/h1-6,8-11H. The van der Waals surface area contributed by atoms with E-state index in [1.54, 1.807) is 0 Å². The van der Waals surface area contributed by atoms with E-state index in [1.165, 1.54) is 0 Å². The van der Waals surface area contributed by atoms with Crippen LogP contribution in [0, 0.1) is 6.07 Å². The van der Waals surface area contributed by atoms with Gasteiger partial charge in [0.05, 0.1) is 5.52 Å². The van der Waals surface area contributed by atoms with Crippen LogP contribution in [0.4, 0.5) is 0 Å². The Morgan fingerprint density at radius 1 is 0.938 bits per heavy atom. The number of hydrogen-bond acceptors (Lipinski definition) is 1. The predicted octanol–water partition coefficient (Wildman–Crippen LogP) is 3.70. The number of rotatable bonds is 1. The maximum Gasteiger partial charge on any atom is 0.0702 e. The second kappa shape index (κ2) is 3.78. The van der Waals surface area contributed by atoms with Crippen LogP contribution in [-0.2, 0) is 0 Å². The lowest BCUT2D eigenvalue weighted by molar-refractivity contribution is 1.41. The van der Waals surface area contributed by atoms with Crippen LogP contribution in [0.15, 0.2) is 60.8 Å². The lowest BCUT2D eigenvalue weighted by atomic mass is 10.1. The lowest BCUT2D eigenvalue weighted by Gasteiger charge is -2.02. The zero-order chi connectivity index (χ0) is 10.8. The number of para-hydroxylation sites is 1. The molecular weight excluding hydrogens is 194 g/mol. The van der Waals surface area contributed by atoms with Gasteiger partial charge in [-0.1, -0.05) is 42.5 Å². The molecular formula is C15H10N. The Hall–Kier alpha value is -2.15. The number of hydrogen-bond donors (Lipinski definition) is 0. The van der Waals surface area contributed by atoms with E-state index in [0.717, 1.165) is 22.0 Å². The third kappa shape index (κ3) is 1.57. The molecule has 0 aliphatic rings. The summed E-state index contributed by atoms with van der Waals surface area (Å²) in [6, 6.07) is 21.4. The molecule has 3 aromatic rings. The molecule has 1 heterocycles. The minimum Gasteiger partial charge on any atom is -0.256 e. The van der Waals surface area contributed by atoms with Gasteiger partial charge in [-0.25, -0.2) is 0 Å². The molecule has 0 N–H and O–H groups in total. The SMILES string of the molecule is [c]1ccccc1-c1cnc2ccccc2c1. The smallest absolute Gasteiger partial charge is 0.0702 e. The van der Waals surface area contributed by atoms with Gasteiger partial charge in [0.15, 0.2) is 0 Å². The van der Waals surface area contributed by atoms with Gasteiger partial charge in [0.1, 0.15) is 0 Å². The lowest BCUT2D eigenvalue weighted by Crippen LogP contribution is -1.82. The van der Waals surface area contributed by atoms with Gasteiger partial charge in [-0.2, -0.15) is 0 Å². The summed E-state index contributed by atoms with van der Waals surface area (Å²) in [5.41, 5.74) is 3.22. The highest BCUT2D eigenvalue weighted by Gasteiger charge is 1.99. The monoisotopic (exact) mass is 204 g/mol. The molecule has 0 spiro atoms. The van der Waals surface area contributed by atoms with Crippen molar-refractivity contribution >= 4 is 10.9 Å². The largest absolute Gasteiger partial charge is 0.256 e. The Labute approximate surface area is 94.4 Å². The van der Waals surface area contributed by atoms with Crippen LogP contribution in [0.1, 0.15) is 0 Å². The number of pyridine rings is 1. The summed E-state index contributed by atoms with van der Waals surface area (Å²) in [4.78, 5) is 4.44. The van der Waals surface area contributed by atoms with Crippen molar-refractivity contribution in [2.75, 3.05) is 0 Å². The van der Waals surface area contributed by atoms with Gasteiger partial charge in [-0.15, -0.1) is 0 Å². The van der Waals surface area contributed by atoms with Crippen LogP contribution in [0.5, 0.6) is 0 Å². The normalized spacial score (nSPS) is 10.5. The topological polar surface area (TPSA) is 12.9 Å². The first kappa shape index (κ1) is 9.10. The molecule has 0 fully saturated rings. The molecule has 0 unspecified atom stereocenters. The third-order valence-corrected chi connectivity index (χ3v) is 2.61. The Morgan fingerprint density at radius 2 is 1.81 bits per heavy atom. The zero-order valence-electron chi connectivity index (χ0n) is 8.72. The summed E-state index contributed by atoms with van der Waals surface area (Å²) in [6.07, 6.45) is 1.90. The van der Waals surface area contributed by atoms with E-state index in [1.807, 2.05) is 48.7 Å².